The van der Waals surface area contributed by atoms with Crippen LogP contribution in [0.2, 0.25) is 0 Å². The van der Waals surface area contributed by atoms with Crippen LogP contribution < -0.4 is 11.1 Å². The van der Waals surface area contributed by atoms with Crippen LogP contribution in [-0.4, -0.2) is 6.04 Å². The van der Waals surface area contributed by atoms with E-state index in [-0.39, 0.29) is 0 Å². The van der Waals surface area contributed by atoms with E-state index < -0.39 is 0 Å². The van der Waals surface area contributed by atoms with E-state index in [2.05, 4.69) is 24.4 Å². The molecule has 92 valence electrons. The first kappa shape index (κ1) is 11.1. The quantitative estimate of drug-likeness (QED) is 0.763. The lowest BCUT2D eigenvalue weighted by Gasteiger charge is -2.18. The maximum atomic E-state index is 5.84. The van der Waals surface area contributed by atoms with E-state index in [9.17, 15) is 0 Å². The molecule has 1 aromatic carbocycles. The molecule has 2 aliphatic rings. The number of aryl methyl sites for hydroxylation is 1. The first-order valence-electron chi connectivity index (χ1n) is 6.82. The molecule has 0 atom stereocenters. The third-order valence-corrected chi connectivity index (χ3v) is 4.14. The molecule has 2 aliphatic carbocycles. The van der Waals surface area contributed by atoms with Gasteiger partial charge in [-0.15, -0.1) is 0 Å². The van der Waals surface area contributed by atoms with Crippen molar-refractivity contribution in [2.45, 2.75) is 45.2 Å². The van der Waals surface area contributed by atoms with E-state index in [1.54, 1.807) is 0 Å². The number of nitrogens with one attached hydrogen (secondary N) is 1. The summed E-state index contributed by atoms with van der Waals surface area (Å²) in [6, 6.07) is 7.16. The van der Waals surface area contributed by atoms with Gasteiger partial charge in [0.25, 0.3) is 0 Å². The minimum absolute atomic E-state index is 0.785. The normalized spacial score (nSPS) is 19.9. The van der Waals surface area contributed by atoms with Gasteiger partial charge in [-0.05, 0) is 61.6 Å². The number of nitrogens with two attached hydrogens (primary N) is 1. The van der Waals surface area contributed by atoms with Gasteiger partial charge < -0.3 is 11.1 Å². The van der Waals surface area contributed by atoms with Gasteiger partial charge >= 0.3 is 0 Å². The van der Waals surface area contributed by atoms with Gasteiger partial charge in [-0.2, -0.15) is 0 Å². The summed E-state index contributed by atoms with van der Waals surface area (Å²) in [4.78, 5) is 0. The number of benzene rings is 1. The monoisotopic (exact) mass is 230 g/mol. The van der Waals surface area contributed by atoms with E-state index in [4.69, 9.17) is 5.73 Å². The predicted molar refractivity (Wildman–Crippen MR) is 71.7 cm³/mol. The lowest BCUT2D eigenvalue weighted by Crippen LogP contribution is -2.32. The van der Waals surface area contributed by atoms with E-state index in [0.29, 0.717) is 0 Å². The average Bonchev–Trinajstić information content (AvgIpc) is 3.14. The zero-order chi connectivity index (χ0) is 11.8. The van der Waals surface area contributed by atoms with Gasteiger partial charge in [0.2, 0.25) is 0 Å². The van der Waals surface area contributed by atoms with Crippen molar-refractivity contribution in [3.63, 3.8) is 0 Å². The fraction of sp³-hybridized carbons (Fsp3) is 0.600. The Balaban J connectivity index is 1.60. The molecule has 17 heavy (non-hydrogen) atoms. The molecule has 0 aliphatic heterocycles. The summed E-state index contributed by atoms with van der Waals surface area (Å²) >= 11 is 0. The highest BCUT2D eigenvalue weighted by Crippen LogP contribution is 2.44. The topological polar surface area (TPSA) is 38.0 Å². The van der Waals surface area contributed by atoms with Crippen molar-refractivity contribution in [3.8, 4) is 0 Å². The van der Waals surface area contributed by atoms with Crippen molar-refractivity contribution in [1.29, 1.82) is 0 Å². The summed E-state index contributed by atoms with van der Waals surface area (Å²) in [6.45, 7) is 3.08. The number of anilines is 1. The second kappa shape index (κ2) is 4.34. The molecule has 2 fully saturated rings. The van der Waals surface area contributed by atoms with E-state index >= 15 is 0 Å². The molecular formula is C15H22N2. The number of hydrogen-bond donors (Lipinski definition) is 2. The summed E-state index contributed by atoms with van der Waals surface area (Å²) in [6.07, 6.45) is 5.76. The van der Waals surface area contributed by atoms with Gasteiger partial charge in [0.15, 0.2) is 0 Å². The smallest absolute Gasteiger partial charge is 0.0343 e. The fourth-order valence-corrected chi connectivity index (χ4v) is 2.71. The number of hydrogen-bond acceptors (Lipinski definition) is 2. The van der Waals surface area contributed by atoms with Crippen molar-refractivity contribution in [2.75, 3.05) is 5.73 Å². The molecule has 3 rings (SSSR count). The Morgan fingerprint density at radius 2 is 1.88 bits per heavy atom. The summed E-state index contributed by atoms with van der Waals surface area (Å²) in [7, 11) is 0. The Morgan fingerprint density at radius 3 is 2.41 bits per heavy atom. The Morgan fingerprint density at radius 1 is 1.24 bits per heavy atom. The van der Waals surface area contributed by atoms with Crippen molar-refractivity contribution in [1.82, 2.24) is 5.32 Å². The predicted octanol–water partition coefficient (Wildman–Crippen LogP) is 2.86. The molecule has 2 saturated carbocycles. The van der Waals surface area contributed by atoms with Gasteiger partial charge in [-0.1, -0.05) is 12.1 Å². The van der Waals surface area contributed by atoms with Crippen LogP contribution in [-0.2, 0) is 6.54 Å². The first-order valence-corrected chi connectivity index (χ1v) is 6.82. The summed E-state index contributed by atoms with van der Waals surface area (Å²) < 4.78 is 0. The zero-order valence-electron chi connectivity index (χ0n) is 10.6. The van der Waals surface area contributed by atoms with Gasteiger partial charge in [-0.25, -0.2) is 0 Å². The molecule has 0 bridgehead atoms. The standard InChI is InChI=1S/C15H22N2/c1-10-8-11(2-7-14(10)16)9-17-15(12-3-4-12)13-5-6-13/h2,7-8,12-13,15,17H,3-6,9,16H2,1H3. The molecule has 2 nitrogen and oxygen atoms in total. The highest BCUT2D eigenvalue weighted by Gasteiger charge is 2.40. The van der Waals surface area contributed by atoms with E-state index in [0.717, 1.165) is 30.1 Å². The highest BCUT2D eigenvalue weighted by molar-refractivity contribution is 5.47. The Kier molecular flexibility index (Phi) is 2.83. The minimum Gasteiger partial charge on any atom is -0.399 e. The Hall–Kier alpha value is -1.02. The third-order valence-electron chi connectivity index (χ3n) is 4.14. The molecular weight excluding hydrogens is 208 g/mol. The maximum Gasteiger partial charge on any atom is 0.0343 e. The minimum atomic E-state index is 0.785. The molecule has 0 heterocycles. The SMILES string of the molecule is Cc1cc(CNC(C2CC2)C2CC2)ccc1N. The third kappa shape index (κ3) is 2.63. The molecule has 0 radical (unpaired) electrons. The van der Waals surface area contributed by atoms with Crippen LogP contribution >= 0.6 is 0 Å². The molecule has 0 amide bonds. The lowest BCUT2D eigenvalue weighted by molar-refractivity contribution is 0.416. The van der Waals surface area contributed by atoms with E-state index in [1.165, 1.54) is 36.8 Å². The summed E-state index contributed by atoms with van der Waals surface area (Å²) in [5.41, 5.74) is 9.30. The van der Waals surface area contributed by atoms with Gasteiger partial charge in [0.05, 0.1) is 0 Å². The second-order valence-electron chi connectivity index (χ2n) is 5.77. The summed E-state index contributed by atoms with van der Waals surface area (Å²) in [5.74, 6) is 1.94. The molecule has 3 N–H and O–H groups in total. The Bertz CT molecular complexity index is 393. The van der Waals surface area contributed by atoms with Crippen LogP contribution in [0.4, 0.5) is 5.69 Å². The zero-order valence-corrected chi connectivity index (χ0v) is 10.6. The fourth-order valence-electron chi connectivity index (χ4n) is 2.71. The number of rotatable bonds is 5. The van der Waals surface area contributed by atoms with Gasteiger partial charge in [0.1, 0.15) is 0 Å². The molecule has 0 unspecified atom stereocenters. The van der Waals surface area contributed by atoms with Crippen LogP contribution in [0.25, 0.3) is 0 Å². The molecule has 0 spiro atoms. The van der Waals surface area contributed by atoms with Gasteiger partial charge in [-0.3, -0.25) is 0 Å². The highest BCUT2D eigenvalue weighted by atomic mass is 14.9. The average molecular weight is 230 g/mol. The second-order valence-corrected chi connectivity index (χ2v) is 5.77. The van der Waals surface area contributed by atoms with Gasteiger partial charge in [0, 0.05) is 18.3 Å². The molecule has 0 aromatic heterocycles. The van der Waals surface area contributed by atoms with Crippen molar-refractivity contribution in [3.05, 3.63) is 29.3 Å². The molecule has 0 saturated heterocycles. The Labute approximate surface area is 104 Å². The van der Waals surface area contributed by atoms with Crippen LogP contribution in [0.15, 0.2) is 18.2 Å². The van der Waals surface area contributed by atoms with Crippen LogP contribution in [0.1, 0.15) is 36.8 Å². The summed E-state index contributed by atoms with van der Waals surface area (Å²) in [5, 5.41) is 3.77. The first-order chi connectivity index (χ1) is 8.24. The van der Waals surface area contributed by atoms with Crippen molar-refractivity contribution >= 4 is 5.69 Å². The van der Waals surface area contributed by atoms with Crippen LogP contribution in [0, 0.1) is 18.8 Å². The number of nitrogen functional groups attached to an aromatic ring is 1. The van der Waals surface area contributed by atoms with Crippen molar-refractivity contribution < 1.29 is 0 Å². The molecule has 2 heteroatoms. The maximum absolute atomic E-state index is 5.84. The van der Waals surface area contributed by atoms with Crippen molar-refractivity contribution in [2.24, 2.45) is 11.8 Å². The molecule has 1 aromatic rings. The van der Waals surface area contributed by atoms with E-state index in [1.807, 2.05) is 6.07 Å². The largest absolute Gasteiger partial charge is 0.399 e. The van der Waals surface area contributed by atoms with Crippen LogP contribution in [0.3, 0.4) is 0 Å². The van der Waals surface area contributed by atoms with Crippen LogP contribution in [0.5, 0.6) is 0 Å². The lowest BCUT2D eigenvalue weighted by atomic mass is 10.1.